The zero-order chi connectivity index (χ0) is 20.3. The van der Waals surface area contributed by atoms with Gasteiger partial charge in [0, 0.05) is 24.7 Å². The van der Waals surface area contributed by atoms with Crippen LogP contribution in [-0.4, -0.2) is 5.79 Å². The van der Waals surface area contributed by atoms with E-state index < -0.39 is 5.79 Å². The topological polar surface area (TPSA) is 18.5 Å². The van der Waals surface area contributed by atoms with Gasteiger partial charge in [0.1, 0.15) is 0 Å². The molecule has 0 bridgehead atoms. The maximum atomic E-state index is 5.89. The van der Waals surface area contributed by atoms with Gasteiger partial charge in [-0.3, -0.25) is 0 Å². The molecule has 0 spiro atoms. The van der Waals surface area contributed by atoms with Crippen molar-refractivity contribution in [2.24, 2.45) is 0 Å². The van der Waals surface area contributed by atoms with Gasteiger partial charge in [-0.05, 0) is 46.9 Å². The summed E-state index contributed by atoms with van der Waals surface area (Å²) in [5.74, 6) is 1.03. The van der Waals surface area contributed by atoms with E-state index in [-0.39, 0.29) is 10.8 Å². The van der Waals surface area contributed by atoms with E-state index in [0.717, 1.165) is 17.1 Å². The van der Waals surface area contributed by atoms with Gasteiger partial charge >= 0.3 is 0 Å². The van der Waals surface area contributed by atoms with Gasteiger partial charge in [0.25, 0.3) is 0 Å². The highest BCUT2D eigenvalue weighted by atomic mass is 16.7. The molecule has 1 heterocycles. The van der Waals surface area contributed by atoms with Crippen LogP contribution in [0.4, 0.5) is 0 Å². The molecule has 2 aromatic carbocycles. The van der Waals surface area contributed by atoms with E-state index in [1.807, 2.05) is 19.9 Å². The van der Waals surface area contributed by atoms with E-state index in [4.69, 9.17) is 9.47 Å². The average molecular weight is 375 g/mol. The van der Waals surface area contributed by atoms with Crippen molar-refractivity contribution in [3.63, 3.8) is 0 Å². The van der Waals surface area contributed by atoms with Crippen molar-refractivity contribution in [2.75, 3.05) is 0 Å². The second-order valence-corrected chi connectivity index (χ2v) is 9.67. The van der Waals surface area contributed by atoms with Gasteiger partial charge in [-0.25, -0.2) is 0 Å². The van der Waals surface area contributed by atoms with Crippen molar-refractivity contribution in [3.8, 4) is 11.5 Å². The molecule has 4 rings (SSSR count). The molecule has 0 aromatic heterocycles. The Morgan fingerprint density at radius 1 is 0.750 bits per heavy atom. The summed E-state index contributed by atoms with van der Waals surface area (Å²) in [4.78, 5) is 0. The summed E-state index contributed by atoms with van der Waals surface area (Å²) in [6, 6.07) is 13.0. The van der Waals surface area contributed by atoms with Crippen LogP contribution in [0.25, 0.3) is 11.6 Å². The Balaban J connectivity index is 1.70. The molecule has 28 heavy (non-hydrogen) atoms. The zero-order valence-corrected chi connectivity index (χ0v) is 18.0. The summed E-state index contributed by atoms with van der Waals surface area (Å²) >= 11 is 0. The molecule has 1 aliphatic heterocycles. The van der Waals surface area contributed by atoms with Crippen LogP contribution in [-0.2, 0) is 10.8 Å². The largest absolute Gasteiger partial charge is 0.449 e. The summed E-state index contributed by atoms with van der Waals surface area (Å²) in [5.41, 5.74) is 6.57. The highest BCUT2D eigenvalue weighted by Crippen LogP contribution is 2.43. The minimum atomic E-state index is -0.593. The van der Waals surface area contributed by atoms with E-state index >= 15 is 0 Å². The highest BCUT2D eigenvalue weighted by Gasteiger charge is 2.33. The minimum Gasteiger partial charge on any atom is -0.449 e. The lowest BCUT2D eigenvalue weighted by Gasteiger charge is -2.37. The van der Waals surface area contributed by atoms with Crippen LogP contribution in [0.1, 0.15) is 70.7 Å². The number of allylic oxidation sites excluding steroid dienone is 3. The molecule has 0 unspecified atom stereocenters. The number of hydrogen-bond acceptors (Lipinski definition) is 2. The monoisotopic (exact) mass is 374 g/mol. The SMILES string of the molecule is C/C(=C\c1ccc2c(c1)OC(C)(C)O2)c1ccc2c(c1)C(C)(C)C=CC2(C)C. The summed E-state index contributed by atoms with van der Waals surface area (Å²) in [6.45, 7) is 15.2. The van der Waals surface area contributed by atoms with Gasteiger partial charge in [0.05, 0.1) is 0 Å². The van der Waals surface area contributed by atoms with Crippen molar-refractivity contribution in [1.29, 1.82) is 0 Å². The molecule has 0 saturated carbocycles. The average Bonchev–Trinajstić information content (AvgIpc) is 2.92. The maximum absolute atomic E-state index is 5.89. The number of fused-ring (bicyclic) bond motifs is 2. The van der Waals surface area contributed by atoms with E-state index in [0.29, 0.717) is 0 Å². The minimum absolute atomic E-state index is 0.0471. The van der Waals surface area contributed by atoms with Crippen LogP contribution in [0.15, 0.2) is 48.6 Å². The van der Waals surface area contributed by atoms with E-state index in [1.54, 1.807) is 0 Å². The maximum Gasteiger partial charge on any atom is 0.246 e. The molecular weight excluding hydrogens is 344 g/mol. The molecule has 1 aliphatic carbocycles. The molecule has 0 amide bonds. The lowest BCUT2D eigenvalue weighted by Crippen LogP contribution is -2.29. The molecule has 0 radical (unpaired) electrons. The van der Waals surface area contributed by atoms with Crippen molar-refractivity contribution >= 4 is 11.6 Å². The second-order valence-electron chi connectivity index (χ2n) is 9.67. The standard InChI is InChI=1S/C26H30O2/c1-17(14-18-8-11-22-23(15-18)28-26(6,7)27-22)19-9-10-20-21(16-19)25(4,5)13-12-24(20,2)3/h8-16H,1-7H3/b17-14+. The summed E-state index contributed by atoms with van der Waals surface area (Å²) in [7, 11) is 0. The van der Waals surface area contributed by atoms with E-state index in [2.05, 4.69) is 83.2 Å². The number of rotatable bonds is 2. The lowest BCUT2D eigenvalue weighted by atomic mass is 9.67. The summed E-state index contributed by atoms with van der Waals surface area (Å²) in [5, 5.41) is 0. The number of ether oxygens (including phenoxy) is 2. The summed E-state index contributed by atoms with van der Waals surface area (Å²) in [6.07, 6.45) is 6.90. The molecule has 146 valence electrons. The quantitative estimate of drug-likeness (QED) is 0.421. The molecule has 2 aromatic rings. The first-order chi connectivity index (χ1) is 13.0. The van der Waals surface area contributed by atoms with Crippen LogP contribution in [0.5, 0.6) is 11.5 Å². The first kappa shape index (κ1) is 18.9. The Labute approximate surface area is 168 Å². The second kappa shape index (κ2) is 6.01. The Kier molecular flexibility index (Phi) is 4.05. The third-order valence-corrected chi connectivity index (χ3v) is 5.84. The van der Waals surface area contributed by atoms with Crippen LogP contribution < -0.4 is 9.47 Å². The van der Waals surface area contributed by atoms with Crippen LogP contribution in [0.2, 0.25) is 0 Å². The molecule has 0 N–H and O–H groups in total. The molecule has 2 aliphatic rings. The molecule has 0 saturated heterocycles. The molecular formula is C26H30O2. The van der Waals surface area contributed by atoms with Gasteiger partial charge in [-0.2, -0.15) is 0 Å². The summed E-state index contributed by atoms with van der Waals surface area (Å²) < 4.78 is 11.7. The number of hydrogen-bond donors (Lipinski definition) is 0. The van der Waals surface area contributed by atoms with Crippen molar-refractivity contribution in [2.45, 2.75) is 65.1 Å². The van der Waals surface area contributed by atoms with E-state index in [9.17, 15) is 0 Å². The van der Waals surface area contributed by atoms with E-state index in [1.165, 1.54) is 22.3 Å². The third kappa shape index (κ3) is 3.26. The Hall–Kier alpha value is -2.48. The zero-order valence-electron chi connectivity index (χ0n) is 18.0. The van der Waals surface area contributed by atoms with Gasteiger partial charge < -0.3 is 9.47 Å². The molecule has 2 nitrogen and oxygen atoms in total. The predicted octanol–water partition coefficient (Wildman–Crippen LogP) is 6.88. The smallest absolute Gasteiger partial charge is 0.246 e. The molecule has 0 fully saturated rings. The molecule has 2 heteroatoms. The lowest BCUT2D eigenvalue weighted by molar-refractivity contribution is -0.0431. The fourth-order valence-electron chi connectivity index (χ4n) is 4.14. The van der Waals surface area contributed by atoms with Crippen LogP contribution >= 0.6 is 0 Å². The van der Waals surface area contributed by atoms with Gasteiger partial charge in [0.15, 0.2) is 11.5 Å². The van der Waals surface area contributed by atoms with Crippen LogP contribution in [0.3, 0.4) is 0 Å². The first-order valence-electron chi connectivity index (χ1n) is 10.0. The third-order valence-electron chi connectivity index (χ3n) is 5.84. The normalized spacial score (nSPS) is 20.8. The van der Waals surface area contributed by atoms with Crippen molar-refractivity contribution < 1.29 is 9.47 Å². The van der Waals surface area contributed by atoms with Gasteiger partial charge in [0.2, 0.25) is 5.79 Å². The van der Waals surface area contributed by atoms with Crippen molar-refractivity contribution in [1.82, 2.24) is 0 Å². The van der Waals surface area contributed by atoms with Crippen molar-refractivity contribution in [3.05, 3.63) is 70.8 Å². The molecule has 0 atom stereocenters. The van der Waals surface area contributed by atoms with Gasteiger partial charge in [-0.1, -0.05) is 70.2 Å². The Morgan fingerprint density at radius 3 is 2.11 bits per heavy atom. The first-order valence-corrected chi connectivity index (χ1v) is 10.0. The predicted molar refractivity (Wildman–Crippen MR) is 117 cm³/mol. The van der Waals surface area contributed by atoms with Gasteiger partial charge in [-0.15, -0.1) is 0 Å². The highest BCUT2D eigenvalue weighted by molar-refractivity contribution is 5.81. The Bertz CT molecular complexity index is 1000. The fraction of sp³-hybridized carbons (Fsp3) is 0.385. The fourth-order valence-corrected chi connectivity index (χ4v) is 4.14. The Morgan fingerprint density at radius 2 is 1.39 bits per heavy atom. The van der Waals surface area contributed by atoms with Crippen LogP contribution in [0, 0.1) is 0 Å². The number of benzene rings is 2.